The quantitative estimate of drug-likeness (QED) is 0.736. The highest BCUT2D eigenvalue weighted by Crippen LogP contribution is 2.47. The van der Waals surface area contributed by atoms with Gasteiger partial charge in [0.15, 0.2) is 0 Å². The zero-order valence-corrected chi connectivity index (χ0v) is 11.4. The molecule has 1 nitrogen and oxygen atoms in total. The second-order valence-corrected chi connectivity index (χ2v) is 6.63. The molecular weight excluding hydrogens is 264 g/mol. The molecule has 2 aliphatic rings. The molecule has 0 aromatic heterocycles. The maximum absolute atomic E-state index is 5.89. The molecule has 1 aromatic rings. The summed E-state index contributed by atoms with van der Waals surface area (Å²) in [4.78, 5) is 0.543. The topological polar surface area (TPSA) is 9.23 Å². The molecule has 1 fully saturated rings. The summed E-state index contributed by atoms with van der Waals surface area (Å²) < 4.78 is 5.89. The van der Waals surface area contributed by atoms with Crippen LogP contribution in [0.2, 0.25) is 0 Å². The SMILES string of the molecule is CC1(C)Cc2cc(C(Br)C3CC3)ccc2O1. The molecule has 1 atom stereocenters. The molecule has 1 aliphatic carbocycles. The van der Waals surface area contributed by atoms with Crippen molar-refractivity contribution in [3.63, 3.8) is 0 Å². The molecule has 0 bridgehead atoms. The predicted octanol–water partition coefficient (Wildman–Crippen LogP) is 4.25. The Bertz CT molecular complexity index is 421. The molecule has 1 heterocycles. The molecule has 16 heavy (non-hydrogen) atoms. The average molecular weight is 281 g/mol. The van der Waals surface area contributed by atoms with Gasteiger partial charge in [-0.1, -0.05) is 28.1 Å². The van der Waals surface area contributed by atoms with E-state index in [9.17, 15) is 0 Å². The van der Waals surface area contributed by atoms with Crippen molar-refractivity contribution >= 4 is 15.9 Å². The zero-order chi connectivity index (χ0) is 11.3. The third kappa shape index (κ3) is 1.88. The highest BCUT2D eigenvalue weighted by Gasteiger charge is 2.33. The molecule has 0 N–H and O–H groups in total. The Morgan fingerprint density at radius 3 is 2.81 bits per heavy atom. The van der Waals surface area contributed by atoms with Gasteiger partial charge in [-0.2, -0.15) is 0 Å². The molecule has 1 aliphatic heterocycles. The molecule has 0 spiro atoms. The number of fused-ring (bicyclic) bond motifs is 1. The van der Waals surface area contributed by atoms with Crippen LogP contribution < -0.4 is 4.74 Å². The van der Waals surface area contributed by atoms with Crippen LogP contribution in [0.5, 0.6) is 5.75 Å². The highest BCUT2D eigenvalue weighted by atomic mass is 79.9. The van der Waals surface area contributed by atoms with Gasteiger partial charge in [0.2, 0.25) is 0 Å². The predicted molar refractivity (Wildman–Crippen MR) is 69.2 cm³/mol. The lowest BCUT2D eigenvalue weighted by molar-refractivity contribution is 0.138. The highest BCUT2D eigenvalue weighted by molar-refractivity contribution is 9.09. The molecular formula is C14H17BrO. The molecule has 0 saturated heterocycles. The number of alkyl halides is 1. The summed E-state index contributed by atoms with van der Waals surface area (Å²) in [5.41, 5.74) is 2.76. The van der Waals surface area contributed by atoms with Crippen LogP contribution in [0.15, 0.2) is 18.2 Å². The summed E-state index contributed by atoms with van der Waals surface area (Å²) in [6.07, 6.45) is 3.77. The lowest BCUT2D eigenvalue weighted by Crippen LogP contribution is -2.24. The van der Waals surface area contributed by atoms with E-state index in [0.717, 1.165) is 18.1 Å². The molecule has 2 heteroatoms. The van der Waals surface area contributed by atoms with Crippen LogP contribution in [0.1, 0.15) is 42.6 Å². The molecule has 1 aromatic carbocycles. The van der Waals surface area contributed by atoms with Crippen LogP contribution in [0, 0.1) is 5.92 Å². The summed E-state index contributed by atoms with van der Waals surface area (Å²) >= 11 is 3.81. The Balaban J connectivity index is 1.89. The van der Waals surface area contributed by atoms with E-state index < -0.39 is 0 Å². The minimum absolute atomic E-state index is 0.0254. The van der Waals surface area contributed by atoms with Crippen LogP contribution in [0.25, 0.3) is 0 Å². The fourth-order valence-electron chi connectivity index (χ4n) is 2.46. The minimum atomic E-state index is -0.0254. The first-order valence-electron chi connectivity index (χ1n) is 6.01. The summed E-state index contributed by atoms with van der Waals surface area (Å²) in [5, 5.41) is 0. The van der Waals surface area contributed by atoms with Gasteiger partial charge in [-0.3, -0.25) is 0 Å². The Morgan fingerprint density at radius 2 is 2.12 bits per heavy atom. The maximum atomic E-state index is 5.89. The second kappa shape index (κ2) is 3.49. The molecule has 0 radical (unpaired) electrons. The molecule has 86 valence electrons. The fourth-order valence-corrected chi connectivity index (χ4v) is 3.28. The number of hydrogen-bond acceptors (Lipinski definition) is 1. The number of halogens is 1. The monoisotopic (exact) mass is 280 g/mol. The van der Waals surface area contributed by atoms with E-state index >= 15 is 0 Å². The van der Waals surface area contributed by atoms with Gasteiger partial charge in [0.05, 0.1) is 0 Å². The molecule has 3 rings (SSSR count). The van der Waals surface area contributed by atoms with Gasteiger partial charge in [0.1, 0.15) is 11.4 Å². The van der Waals surface area contributed by atoms with Crippen molar-refractivity contribution in [2.45, 2.75) is 43.5 Å². The average Bonchev–Trinajstić information content (AvgIpc) is 2.98. The van der Waals surface area contributed by atoms with E-state index in [1.807, 2.05) is 0 Å². The van der Waals surface area contributed by atoms with E-state index in [0.29, 0.717) is 4.83 Å². The van der Waals surface area contributed by atoms with Gasteiger partial charge in [-0.05, 0) is 49.8 Å². The number of ether oxygens (including phenoxy) is 1. The normalized spacial score (nSPS) is 23.7. The van der Waals surface area contributed by atoms with E-state index in [4.69, 9.17) is 4.74 Å². The maximum Gasteiger partial charge on any atom is 0.123 e. The molecule has 1 unspecified atom stereocenters. The number of benzene rings is 1. The Hall–Kier alpha value is -0.500. The van der Waals surface area contributed by atoms with Crippen LogP contribution in [-0.2, 0) is 6.42 Å². The van der Waals surface area contributed by atoms with E-state index in [1.54, 1.807) is 0 Å². The van der Waals surface area contributed by atoms with E-state index in [2.05, 4.69) is 48.0 Å². The van der Waals surface area contributed by atoms with Crippen molar-refractivity contribution in [1.29, 1.82) is 0 Å². The van der Waals surface area contributed by atoms with Crippen LogP contribution in [0.3, 0.4) is 0 Å². The van der Waals surface area contributed by atoms with E-state index in [-0.39, 0.29) is 5.60 Å². The first-order chi connectivity index (χ1) is 7.55. The minimum Gasteiger partial charge on any atom is -0.487 e. The lowest BCUT2D eigenvalue weighted by Gasteiger charge is -2.16. The first kappa shape index (κ1) is 10.6. The van der Waals surface area contributed by atoms with Crippen molar-refractivity contribution in [3.05, 3.63) is 29.3 Å². The summed E-state index contributed by atoms with van der Waals surface area (Å²) in [6, 6.07) is 6.66. The summed E-state index contributed by atoms with van der Waals surface area (Å²) in [5.74, 6) is 1.93. The third-order valence-electron chi connectivity index (χ3n) is 3.44. The van der Waals surface area contributed by atoms with Crippen molar-refractivity contribution in [2.75, 3.05) is 0 Å². The first-order valence-corrected chi connectivity index (χ1v) is 6.93. The Morgan fingerprint density at radius 1 is 1.38 bits per heavy atom. The number of hydrogen-bond donors (Lipinski definition) is 0. The molecule has 1 saturated carbocycles. The van der Waals surface area contributed by atoms with Gasteiger partial charge in [-0.15, -0.1) is 0 Å². The summed E-state index contributed by atoms with van der Waals surface area (Å²) in [7, 11) is 0. The standard InChI is InChI=1S/C14H17BrO/c1-14(2)8-11-7-10(5-6-12(11)16-14)13(15)9-3-4-9/h5-7,9,13H,3-4,8H2,1-2H3. The van der Waals surface area contributed by atoms with Gasteiger partial charge in [0, 0.05) is 11.2 Å². The van der Waals surface area contributed by atoms with Crippen LogP contribution >= 0.6 is 15.9 Å². The second-order valence-electron chi connectivity index (χ2n) is 5.64. The van der Waals surface area contributed by atoms with Gasteiger partial charge in [-0.25, -0.2) is 0 Å². The van der Waals surface area contributed by atoms with Crippen LogP contribution in [-0.4, -0.2) is 5.60 Å². The van der Waals surface area contributed by atoms with Crippen molar-refractivity contribution < 1.29 is 4.74 Å². The fraction of sp³-hybridized carbons (Fsp3) is 0.571. The zero-order valence-electron chi connectivity index (χ0n) is 9.79. The van der Waals surface area contributed by atoms with Crippen LogP contribution in [0.4, 0.5) is 0 Å². The van der Waals surface area contributed by atoms with Gasteiger partial charge >= 0.3 is 0 Å². The Labute approximate surface area is 105 Å². The smallest absolute Gasteiger partial charge is 0.123 e. The van der Waals surface area contributed by atoms with Gasteiger partial charge in [0.25, 0.3) is 0 Å². The van der Waals surface area contributed by atoms with Crippen molar-refractivity contribution in [3.8, 4) is 5.75 Å². The van der Waals surface area contributed by atoms with Gasteiger partial charge < -0.3 is 4.74 Å². The summed E-state index contributed by atoms with van der Waals surface area (Å²) in [6.45, 7) is 4.30. The third-order valence-corrected chi connectivity index (χ3v) is 4.72. The van der Waals surface area contributed by atoms with Crippen molar-refractivity contribution in [2.24, 2.45) is 5.92 Å². The van der Waals surface area contributed by atoms with Crippen molar-refractivity contribution in [1.82, 2.24) is 0 Å². The number of rotatable bonds is 2. The lowest BCUT2D eigenvalue weighted by atomic mass is 9.98. The Kier molecular flexibility index (Phi) is 2.32. The van der Waals surface area contributed by atoms with E-state index in [1.165, 1.54) is 24.0 Å². The molecule has 0 amide bonds. The largest absolute Gasteiger partial charge is 0.487 e.